The standard InChI is InChI=1S/C19H19F2N5O3S/c1-29-17-3-2-13-18-11(7-24-19(13)25-17)6-23-10-26(18)8-14-15(20)4-12(5-16(14)21)30(27,28)9-22/h2-5,7,23H,6,8-10,22H2,1H3. The van der Waals surface area contributed by atoms with Gasteiger partial charge in [-0.05, 0) is 18.2 Å². The number of nitrogens with zero attached hydrogens (tertiary/aromatic N) is 3. The number of rotatable bonds is 5. The van der Waals surface area contributed by atoms with Gasteiger partial charge in [0, 0.05) is 35.3 Å². The topological polar surface area (TPSA) is 110 Å². The molecular formula is C19H19F2N5O3S. The minimum Gasteiger partial charge on any atom is -0.481 e. The van der Waals surface area contributed by atoms with Gasteiger partial charge >= 0.3 is 0 Å². The molecule has 11 heteroatoms. The van der Waals surface area contributed by atoms with Gasteiger partial charge in [0.25, 0.3) is 0 Å². The van der Waals surface area contributed by atoms with E-state index < -0.39 is 32.2 Å². The lowest BCUT2D eigenvalue weighted by Crippen LogP contribution is -2.39. The lowest BCUT2D eigenvalue weighted by molar-refractivity contribution is 0.399. The van der Waals surface area contributed by atoms with E-state index in [4.69, 9.17) is 10.5 Å². The molecule has 158 valence electrons. The number of benzene rings is 1. The molecule has 3 N–H and O–H groups in total. The van der Waals surface area contributed by atoms with Crippen molar-refractivity contribution in [3.05, 3.63) is 53.2 Å². The Bertz CT molecular complexity index is 1210. The Hall–Kier alpha value is -2.89. The Kier molecular flexibility index (Phi) is 5.26. The van der Waals surface area contributed by atoms with Crippen LogP contribution < -0.4 is 20.7 Å². The maximum absolute atomic E-state index is 14.7. The summed E-state index contributed by atoms with van der Waals surface area (Å²) in [6.07, 6.45) is 1.66. The van der Waals surface area contributed by atoms with Gasteiger partial charge in [-0.2, -0.15) is 4.98 Å². The number of halogens is 2. The molecule has 3 aromatic rings. The van der Waals surface area contributed by atoms with E-state index in [9.17, 15) is 17.2 Å². The largest absolute Gasteiger partial charge is 0.481 e. The minimum absolute atomic E-state index is 0.119. The van der Waals surface area contributed by atoms with Gasteiger partial charge in [-0.3, -0.25) is 5.32 Å². The third kappa shape index (κ3) is 3.55. The maximum atomic E-state index is 14.7. The maximum Gasteiger partial charge on any atom is 0.215 e. The summed E-state index contributed by atoms with van der Waals surface area (Å²) in [4.78, 5) is 9.94. The zero-order chi connectivity index (χ0) is 21.5. The van der Waals surface area contributed by atoms with Crippen molar-refractivity contribution in [2.24, 2.45) is 5.73 Å². The second-order valence-corrected chi connectivity index (χ2v) is 8.82. The fourth-order valence-electron chi connectivity index (χ4n) is 3.44. The molecule has 30 heavy (non-hydrogen) atoms. The average molecular weight is 435 g/mol. The normalized spacial score (nSPS) is 14.1. The molecule has 0 bridgehead atoms. The average Bonchev–Trinajstić information content (AvgIpc) is 2.75. The third-order valence-corrected chi connectivity index (χ3v) is 6.33. The van der Waals surface area contributed by atoms with E-state index in [1.807, 2.05) is 0 Å². The number of pyridine rings is 2. The summed E-state index contributed by atoms with van der Waals surface area (Å²) in [5.41, 5.74) is 7.00. The van der Waals surface area contributed by atoms with Gasteiger partial charge in [0.15, 0.2) is 15.5 Å². The SMILES string of the molecule is COc1ccc2c3c(cnc2n1)CNCN3Cc1c(F)cc(S(=O)(=O)CN)cc1F. The van der Waals surface area contributed by atoms with Crippen LogP contribution in [-0.4, -0.2) is 38.0 Å². The first-order valence-corrected chi connectivity index (χ1v) is 10.7. The van der Waals surface area contributed by atoms with E-state index in [-0.39, 0.29) is 12.1 Å². The van der Waals surface area contributed by atoms with Crippen molar-refractivity contribution in [2.75, 3.05) is 24.6 Å². The summed E-state index contributed by atoms with van der Waals surface area (Å²) in [5.74, 6) is -2.23. The number of hydrogen-bond donors (Lipinski definition) is 2. The summed E-state index contributed by atoms with van der Waals surface area (Å²) in [7, 11) is -2.43. The van der Waals surface area contributed by atoms with E-state index in [0.29, 0.717) is 24.7 Å². The molecule has 4 rings (SSSR count). The van der Waals surface area contributed by atoms with Crippen LogP contribution in [0.5, 0.6) is 5.88 Å². The molecule has 3 heterocycles. The van der Waals surface area contributed by atoms with Gasteiger partial charge in [0.2, 0.25) is 5.88 Å². The fourth-order valence-corrected chi connectivity index (χ4v) is 4.20. The Morgan fingerprint density at radius 1 is 1.27 bits per heavy atom. The molecule has 0 saturated carbocycles. The quantitative estimate of drug-likeness (QED) is 0.623. The molecule has 2 aromatic heterocycles. The van der Waals surface area contributed by atoms with E-state index in [1.54, 1.807) is 23.2 Å². The van der Waals surface area contributed by atoms with Gasteiger partial charge < -0.3 is 15.4 Å². The molecule has 0 aliphatic carbocycles. The van der Waals surface area contributed by atoms with Crippen LogP contribution in [-0.2, 0) is 22.9 Å². The third-order valence-electron chi connectivity index (χ3n) is 4.94. The number of hydrogen-bond acceptors (Lipinski definition) is 8. The van der Waals surface area contributed by atoms with Crippen molar-refractivity contribution in [2.45, 2.75) is 18.0 Å². The number of anilines is 1. The highest BCUT2D eigenvalue weighted by Gasteiger charge is 2.25. The van der Waals surface area contributed by atoms with Crippen molar-refractivity contribution in [1.82, 2.24) is 15.3 Å². The van der Waals surface area contributed by atoms with E-state index in [0.717, 1.165) is 28.8 Å². The summed E-state index contributed by atoms with van der Waals surface area (Å²) >= 11 is 0. The molecule has 1 aliphatic rings. The molecule has 8 nitrogen and oxygen atoms in total. The number of sulfone groups is 1. The highest BCUT2D eigenvalue weighted by Crippen LogP contribution is 2.33. The van der Waals surface area contributed by atoms with Crippen LogP contribution in [0.15, 0.2) is 35.4 Å². The summed E-state index contributed by atoms with van der Waals surface area (Å²) in [6, 6.07) is 5.10. The second kappa shape index (κ2) is 7.74. The number of methoxy groups -OCH3 is 1. The van der Waals surface area contributed by atoms with E-state index in [2.05, 4.69) is 15.3 Å². The first-order valence-electron chi connectivity index (χ1n) is 9.03. The highest BCUT2D eigenvalue weighted by molar-refractivity contribution is 7.91. The zero-order valence-electron chi connectivity index (χ0n) is 16.0. The van der Waals surface area contributed by atoms with E-state index in [1.165, 1.54) is 7.11 Å². The Morgan fingerprint density at radius 3 is 2.67 bits per heavy atom. The van der Waals surface area contributed by atoms with Gasteiger partial charge in [-0.15, -0.1) is 0 Å². The molecule has 0 radical (unpaired) electrons. The predicted octanol–water partition coefficient (Wildman–Crippen LogP) is 1.67. The molecule has 0 atom stereocenters. The number of fused-ring (bicyclic) bond motifs is 3. The lowest BCUT2D eigenvalue weighted by atomic mass is 10.1. The van der Waals surface area contributed by atoms with Gasteiger partial charge in [0.1, 0.15) is 17.5 Å². The summed E-state index contributed by atoms with van der Waals surface area (Å²) < 4.78 is 58.2. The Morgan fingerprint density at radius 2 is 2.00 bits per heavy atom. The molecule has 0 spiro atoms. The van der Waals surface area contributed by atoms with Crippen LogP contribution in [0.1, 0.15) is 11.1 Å². The van der Waals surface area contributed by atoms with Crippen LogP contribution in [0, 0.1) is 11.6 Å². The van der Waals surface area contributed by atoms with Crippen LogP contribution in [0.4, 0.5) is 14.5 Å². The second-order valence-electron chi connectivity index (χ2n) is 6.79. The van der Waals surface area contributed by atoms with Crippen LogP contribution in [0.3, 0.4) is 0 Å². The lowest BCUT2D eigenvalue weighted by Gasteiger charge is -2.33. The molecule has 0 saturated heterocycles. The predicted molar refractivity (Wildman–Crippen MR) is 107 cm³/mol. The highest BCUT2D eigenvalue weighted by atomic mass is 32.2. The molecule has 0 amide bonds. The molecule has 0 fully saturated rings. The van der Waals surface area contributed by atoms with Crippen molar-refractivity contribution in [3.8, 4) is 5.88 Å². The Labute approximate surface area is 171 Å². The van der Waals surface area contributed by atoms with Crippen molar-refractivity contribution >= 4 is 26.6 Å². The Balaban J connectivity index is 1.77. The van der Waals surface area contributed by atoms with E-state index >= 15 is 0 Å². The smallest absolute Gasteiger partial charge is 0.215 e. The van der Waals surface area contributed by atoms with Crippen molar-refractivity contribution < 1.29 is 21.9 Å². The van der Waals surface area contributed by atoms with Crippen LogP contribution >= 0.6 is 0 Å². The molecule has 1 aliphatic heterocycles. The first kappa shape index (κ1) is 20.4. The van der Waals surface area contributed by atoms with Gasteiger partial charge in [-0.1, -0.05) is 0 Å². The first-order chi connectivity index (χ1) is 14.3. The molecule has 1 aromatic carbocycles. The zero-order valence-corrected chi connectivity index (χ0v) is 16.8. The summed E-state index contributed by atoms with van der Waals surface area (Å²) in [6.45, 7) is 0.755. The van der Waals surface area contributed by atoms with Crippen LogP contribution in [0.25, 0.3) is 11.0 Å². The summed E-state index contributed by atoms with van der Waals surface area (Å²) in [5, 5.41) is 3.89. The monoisotopic (exact) mass is 435 g/mol. The van der Waals surface area contributed by atoms with Gasteiger partial charge in [-0.25, -0.2) is 22.2 Å². The number of nitrogens with two attached hydrogens (primary N) is 1. The van der Waals surface area contributed by atoms with Crippen molar-refractivity contribution in [3.63, 3.8) is 0 Å². The van der Waals surface area contributed by atoms with Crippen LogP contribution in [0.2, 0.25) is 0 Å². The number of aromatic nitrogens is 2. The van der Waals surface area contributed by atoms with Crippen molar-refractivity contribution in [1.29, 1.82) is 0 Å². The number of ether oxygens (including phenoxy) is 1. The fraction of sp³-hybridized carbons (Fsp3) is 0.263. The minimum atomic E-state index is -3.93. The van der Waals surface area contributed by atoms with Gasteiger partial charge in [0.05, 0.1) is 30.9 Å². The molecular weight excluding hydrogens is 416 g/mol. The molecule has 0 unspecified atom stereocenters. The number of nitrogens with one attached hydrogen (secondary N) is 1.